The summed E-state index contributed by atoms with van der Waals surface area (Å²) in [5.74, 6) is 2.24. The van der Waals surface area contributed by atoms with Gasteiger partial charge in [0.1, 0.15) is 28.3 Å². The number of nitriles is 1. The highest BCUT2D eigenvalue weighted by atomic mass is 32.1. The number of allylic oxidation sites excluding steroid dienone is 1. The fourth-order valence-corrected chi connectivity index (χ4v) is 2.92. The number of aryl methyl sites for hydroxylation is 1. The summed E-state index contributed by atoms with van der Waals surface area (Å²) in [6.07, 6.45) is 1.71. The second-order valence-corrected chi connectivity index (χ2v) is 5.75. The van der Waals surface area contributed by atoms with E-state index in [2.05, 4.69) is 11.1 Å². The summed E-state index contributed by atoms with van der Waals surface area (Å²) in [5, 5.41) is 12.0. The van der Waals surface area contributed by atoms with Crippen LogP contribution in [0, 0.1) is 18.3 Å². The summed E-state index contributed by atoms with van der Waals surface area (Å²) < 4.78 is 10.7. The Morgan fingerprint density at radius 3 is 2.91 bits per heavy atom. The molecular formula is C18H14N2O2S. The van der Waals surface area contributed by atoms with Crippen molar-refractivity contribution < 1.29 is 9.15 Å². The molecule has 0 fully saturated rings. The topological polar surface area (TPSA) is 59.0 Å². The molecule has 0 aliphatic heterocycles. The first-order chi connectivity index (χ1) is 11.2. The first-order valence-corrected chi connectivity index (χ1v) is 7.86. The van der Waals surface area contributed by atoms with Gasteiger partial charge in [-0.05, 0) is 31.2 Å². The Morgan fingerprint density at radius 2 is 2.22 bits per heavy atom. The van der Waals surface area contributed by atoms with Crippen LogP contribution in [0.4, 0.5) is 0 Å². The van der Waals surface area contributed by atoms with Gasteiger partial charge < -0.3 is 9.15 Å². The van der Waals surface area contributed by atoms with Gasteiger partial charge in [-0.25, -0.2) is 4.98 Å². The van der Waals surface area contributed by atoms with Crippen molar-refractivity contribution in [2.24, 2.45) is 0 Å². The average molecular weight is 322 g/mol. The van der Waals surface area contributed by atoms with Crippen molar-refractivity contribution in [3.63, 3.8) is 0 Å². The van der Waals surface area contributed by atoms with Gasteiger partial charge in [-0.15, -0.1) is 11.3 Å². The summed E-state index contributed by atoms with van der Waals surface area (Å²) in [7, 11) is 1.63. The highest BCUT2D eigenvalue weighted by molar-refractivity contribution is 7.11. The molecule has 3 aromatic rings. The Bertz CT molecular complexity index is 900. The van der Waals surface area contributed by atoms with E-state index in [0.717, 1.165) is 22.8 Å². The zero-order valence-corrected chi connectivity index (χ0v) is 13.6. The first-order valence-electron chi connectivity index (χ1n) is 6.98. The Kier molecular flexibility index (Phi) is 4.26. The van der Waals surface area contributed by atoms with Crippen LogP contribution in [0.15, 0.2) is 46.2 Å². The molecule has 0 unspecified atom stereocenters. The maximum Gasteiger partial charge on any atom is 0.134 e. The van der Waals surface area contributed by atoms with Crippen LogP contribution in [-0.2, 0) is 0 Å². The molecule has 4 nitrogen and oxygen atoms in total. The van der Waals surface area contributed by atoms with Crippen LogP contribution in [0.5, 0.6) is 5.75 Å². The number of thiazole rings is 1. The molecule has 0 radical (unpaired) electrons. The minimum absolute atomic E-state index is 0.485. The molecule has 114 valence electrons. The maximum absolute atomic E-state index is 9.40. The van der Waals surface area contributed by atoms with Gasteiger partial charge in [0.2, 0.25) is 0 Å². The van der Waals surface area contributed by atoms with Crippen LogP contribution in [0.25, 0.3) is 22.9 Å². The molecule has 0 saturated heterocycles. The SMILES string of the molecule is COc1cccc(-c2csc(/C(C#N)=C/c3ccc(C)o3)n2)c1. The second-order valence-electron chi connectivity index (χ2n) is 4.89. The van der Waals surface area contributed by atoms with Gasteiger partial charge in [0, 0.05) is 17.0 Å². The van der Waals surface area contributed by atoms with E-state index >= 15 is 0 Å². The minimum Gasteiger partial charge on any atom is -0.497 e. The third-order valence-corrected chi connectivity index (χ3v) is 4.14. The number of methoxy groups -OCH3 is 1. The van der Waals surface area contributed by atoms with Crippen molar-refractivity contribution in [1.82, 2.24) is 4.98 Å². The molecule has 0 spiro atoms. The van der Waals surface area contributed by atoms with Crippen molar-refractivity contribution in [1.29, 1.82) is 5.26 Å². The fraction of sp³-hybridized carbons (Fsp3) is 0.111. The lowest BCUT2D eigenvalue weighted by Crippen LogP contribution is -1.85. The minimum atomic E-state index is 0.485. The van der Waals surface area contributed by atoms with Gasteiger partial charge in [-0.3, -0.25) is 0 Å². The number of rotatable bonds is 4. The van der Waals surface area contributed by atoms with Crippen molar-refractivity contribution in [3.05, 3.63) is 58.3 Å². The molecule has 2 heterocycles. The summed E-state index contributed by atoms with van der Waals surface area (Å²) >= 11 is 1.43. The molecule has 23 heavy (non-hydrogen) atoms. The van der Waals surface area contributed by atoms with Crippen LogP contribution in [0.1, 0.15) is 16.5 Å². The number of hydrogen-bond donors (Lipinski definition) is 0. The zero-order chi connectivity index (χ0) is 16.2. The van der Waals surface area contributed by atoms with E-state index in [0.29, 0.717) is 16.3 Å². The largest absolute Gasteiger partial charge is 0.497 e. The highest BCUT2D eigenvalue weighted by Gasteiger charge is 2.10. The van der Waals surface area contributed by atoms with Crippen molar-refractivity contribution in [3.8, 4) is 23.1 Å². The second kappa shape index (κ2) is 6.51. The lowest BCUT2D eigenvalue weighted by Gasteiger charge is -2.01. The predicted octanol–water partition coefficient (Wildman–Crippen LogP) is 4.78. The molecule has 0 amide bonds. The van der Waals surface area contributed by atoms with Crippen molar-refractivity contribution in [2.45, 2.75) is 6.92 Å². The molecule has 2 aromatic heterocycles. The number of hydrogen-bond acceptors (Lipinski definition) is 5. The Hall–Kier alpha value is -2.84. The summed E-state index contributed by atoms with van der Waals surface area (Å²) in [5.41, 5.74) is 2.26. The molecule has 0 N–H and O–H groups in total. The molecular weight excluding hydrogens is 308 g/mol. The third kappa shape index (κ3) is 3.33. The highest BCUT2D eigenvalue weighted by Crippen LogP contribution is 2.29. The smallest absolute Gasteiger partial charge is 0.134 e. The Balaban J connectivity index is 1.94. The van der Waals surface area contributed by atoms with Gasteiger partial charge in [-0.1, -0.05) is 12.1 Å². The van der Waals surface area contributed by atoms with Gasteiger partial charge in [0.05, 0.1) is 18.4 Å². The molecule has 0 saturated carbocycles. The van der Waals surface area contributed by atoms with E-state index in [4.69, 9.17) is 9.15 Å². The summed E-state index contributed by atoms with van der Waals surface area (Å²) in [4.78, 5) is 4.56. The number of furan rings is 1. The molecule has 0 aliphatic carbocycles. The number of ether oxygens (including phenoxy) is 1. The van der Waals surface area contributed by atoms with Gasteiger partial charge >= 0.3 is 0 Å². The number of nitrogens with zero attached hydrogens (tertiary/aromatic N) is 2. The number of aromatic nitrogens is 1. The average Bonchev–Trinajstić information content (AvgIpc) is 3.22. The quantitative estimate of drug-likeness (QED) is 0.648. The van der Waals surface area contributed by atoms with Crippen LogP contribution in [-0.4, -0.2) is 12.1 Å². The normalized spacial score (nSPS) is 11.3. The van der Waals surface area contributed by atoms with Crippen molar-refractivity contribution in [2.75, 3.05) is 7.11 Å². The third-order valence-electron chi connectivity index (χ3n) is 3.27. The van der Waals surface area contributed by atoms with Crippen LogP contribution < -0.4 is 4.74 Å². The van der Waals surface area contributed by atoms with Gasteiger partial charge in [0.25, 0.3) is 0 Å². The lowest BCUT2D eigenvalue weighted by molar-refractivity contribution is 0.415. The van der Waals surface area contributed by atoms with E-state index < -0.39 is 0 Å². The number of benzene rings is 1. The Labute approximate surface area is 138 Å². The fourth-order valence-electron chi connectivity index (χ4n) is 2.13. The monoisotopic (exact) mass is 322 g/mol. The molecule has 0 bridgehead atoms. The van der Waals surface area contributed by atoms with Crippen LogP contribution >= 0.6 is 11.3 Å². The summed E-state index contributed by atoms with van der Waals surface area (Å²) in [6, 6.07) is 13.6. The van der Waals surface area contributed by atoms with Crippen molar-refractivity contribution >= 4 is 23.0 Å². The lowest BCUT2D eigenvalue weighted by atomic mass is 10.1. The predicted molar refractivity (Wildman–Crippen MR) is 91.0 cm³/mol. The van der Waals surface area contributed by atoms with Crippen LogP contribution in [0.3, 0.4) is 0 Å². The van der Waals surface area contributed by atoms with Crippen LogP contribution in [0.2, 0.25) is 0 Å². The summed E-state index contributed by atoms with van der Waals surface area (Å²) in [6.45, 7) is 1.87. The van der Waals surface area contributed by atoms with E-state index in [1.54, 1.807) is 13.2 Å². The van der Waals surface area contributed by atoms with Gasteiger partial charge in [-0.2, -0.15) is 5.26 Å². The zero-order valence-electron chi connectivity index (χ0n) is 12.7. The maximum atomic E-state index is 9.40. The first kappa shape index (κ1) is 15.1. The molecule has 1 aromatic carbocycles. The van der Waals surface area contributed by atoms with Gasteiger partial charge in [0.15, 0.2) is 0 Å². The van der Waals surface area contributed by atoms with E-state index in [9.17, 15) is 5.26 Å². The molecule has 0 aliphatic rings. The standard InChI is InChI=1S/C18H14N2O2S/c1-12-6-7-16(22-12)9-14(10-19)18-20-17(11-23-18)13-4-3-5-15(8-13)21-2/h3-9,11H,1-2H3/b14-9+. The van der Waals surface area contributed by atoms with E-state index in [1.165, 1.54) is 11.3 Å². The molecule has 3 rings (SSSR count). The van der Waals surface area contributed by atoms with E-state index in [1.807, 2.05) is 48.7 Å². The Morgan fingerprint density at radius 1 is 1.35 bits per heavy atom. The molecule has 5 heteroatoms. The van der Waals surface area contributed by atoms with E-state index in [-0.39, 0.29) is 0 Å². The molecule has 0 atom stereocenters.